The normalized spacial score (nSPS) is 13.6. The molecule has 1 unspecified atom stereocenters. The molecular formula is C18H32NO4+. The molecule has 5 nitrogen and oxygen atoms in total. The molecule has 0 aliphatic carbocycles. The van der Waals surface area contributed by atoms with E-state index in [0.717, 1.165) is 32.1 Å². The number of carboxylic acid groups (broad SMARTS) is 1. The van der Waals surface area contributed by atoms with E-state index < -0.39 is 18.0 Å². The van der Waals surface area contributed by atoms with Gasteiger partial charge in [0.25, 0.3) is 0 Å². The van der Waals surface area contributed by atoms with Gasteiger partial charge in [-0.15, -0.1) is 0 Å². The average molecular weight is 326 g/mol. The van der Waals surface area contributed by atoms with Crippen molar-refractivity contribution in [1.82, 2.24) is 0 Å². The number of carboxylic acids is 1. The van der Waals surface area contributed by atoms with Gasteiger partial charge in [-0.1, -0.05) is 24.6 Å². The zero-order valence-corrected chi connectivity index (χ0v) is 15.0. The molecule has 23 heavy (non-hydrogen) atoms. The Kier molecular flexibility index (Phi) is 11.0. The van der Waals surface area contributed by atoms with Gasteiger partial charge in [-0.05, 0) is 32.6 Å². The molecule has 5 heteroatoms. The molecule has 0 fully saturated rings. The number of aliphatic carboxylic acids is 1. The predicted octanol–water partition coefficient (Wildman–Crippen LogP) is 3.16. The van der Waals surface area contributed by atoms with Crippen LogP contribution in [0.1, 0.15) is 45.4 Å². The zero-order chi connectivity index (χ0) is 17.7. The van der Waals surface area contributed by atoms with Crippen molar-refractivity contribution in [2.75, 3.05) is 27.7 Å². The Balaban J connectivity index is 4.10. The van der Waals surface area contributed by atoms with E-state index in [-0.39, 0.29) is 6.42 Å². The van der Waals surface area contributed by atoms with E-state index in [1.165, 1.54) is 6.08 Å². The lowest BCUT2D eigenvalue weighted by molar-refractivity contribution is -0.873. The maximum absolute atomic E-state index is 11.8. The van der Waals surface area contributed by atoms with Crippen LogP contribution in [0.5, 0.6) is 0 Å². The second kappa shape index (κ2) is 11.9. The first-order chi connectivity index (χ1) is 10.7. The monoisotopic (exact) mass is 326 g/mol. The first-order valence-corrected chi connectivity index (χ1v) is 8.25. The third-order valence-electron chi connectivity index (χ3n) is 3.17. The summed E-state index contributed by atoms with van der Waals surface area (Å²) in [6, 6.07) is 0. The largest absolute Gasteiger partial charge is 0.481 e. The molecule has 0 aliphatic heterocycles. The van der Waals surface area contributed by atoms with Crippen LogP contribution in [0.25, 0.3) is 0 Å². The maximum atomic E-state index is 11.8. The van der Waals surface area contributed by atoms with Crippen LogP contribution < -0.4 is 0 Å². The summed E-state index contributed by atoms with van der Waals surface area (Å²) in [5.74, 6) is -1.42. The highest BCUT2D eigenvalue weighted by molar-refractivity contribution is 5.82. The van der Waals surface area contributed by atoms with Crippen molar-refractivity contribution < 1.29 is 23.9 Å². The minimum absolute atomic E-state index is 0.167. The quantitative estimate of drug-likeness (QED) is 0.197. The second-order valence-electron chi connectivity index (χ2n) is 6.74. The Morgan fingerprint density at radius 1 is 1.09 bits per heavy atom. The molecule has 0 aliphatic rings. The van der Waals surface area contributed by atoms with Crippen molar-refractivity contribution in [3.63, 3.8) is 0 Å². The molecular weight excluding hydrogens is 294 g/mol. The highest BCUT2D eigenvalue weighted by Gasteiger charge is 2.23. The van der Waals surface area contributed by atoms with Crippen molar-refractivity contribution in [2.45, 2.75) is 51.6 Å². The Labute approximate surface area is 140 Å². The molecule has 0 saturated carbocycles. The lowest BCUT2D eigenvalue weighted by Crippen LogP contribution is -2.43. The average Bonchev–Trinajstić information content (AvgIpc) is 2.39. The van der Waals surface area contributed by atoms with Crippen molar-refractivity contribution >= 4 is 11.9 Å². The van der Waals surface area contributed by atoms with Crippen LogP contribution in [0, 0.1) is 0 Å². The second-order valence-corrected chi connectivity index (χ2v) is 6.74. The van der Waals surface area contributed by atoms with Crippen molar-refractivity contribution in [3.8, 4) is 0 Å². The summed E-state index contributed by atoms with van der Waals surface area (Å²) < 4.78 is 5.81. The highest BCUT2D eigenvalue weighted by atomic mass is 16.5. The molecule has 0 heterocycles. The number of esters is 1. The van der Waals surface area contributed by atoms with Crippen molar-refractivity contribution in [1.29, 1.82) is 0 Å². The number of hydrogen-bond acceptors (Lipinski definition) is 3. The third-order valence-corrected chi connectivity index (χ3v) is 3.17. The number of allylic oxidation sites excluding steroid dienone is 3. The van der Waals surface area contributed by atoms with Gasteiger partial charge in [-0.25, -0.2) is 4.79 Å². The van der Waals surface area contributed by atoms with E-state index in [1.54, 1.807) is 0 Å². The van der Waals surface area contributed by atoms with E-state index in [2.05, 4.69) is 12.2 Å². The fourth-order valence-electron chi connectivity index (χ4n) is 2.20. The molecule has 0 aromatic rings. The summed E-state index contributed by atoms with van der Waals surface area (Å²) >= 11 is 0. The van der Waals surface area contributed by atoms with E-state index in [1.807, 2.05) is 34.1 Å². The Bertz CT molecular complexity index is 408. The Morgan fingerprint density at radius 2 is 1.70 bits per heavy atom. The fraction of sp³-hybridized carbons (Fsp3) is 0.667. The van der Waals surface area contributed by atoms with E-state index in [0.29, 0.717) is 11.0 Å². The molecule has 1 atom stereocenters. The van der Waals surface area contributed by atoms with Crippen molar-refractivity contribution in [2.24, 2.45) is 0 Å². The van der Waals surface area contributed by atoms with Gasteiger partial charge >= 0.3 is 11.9 Å². The number of quaternary nitrogens is 1. The standard InChI is InChI=1S/C18H31NO4/c1-5-6-7-8-9-10-11-12-13-18(22)23-16(14-17(20)21)15-19(2,3)4/h5-6,12-13,16H,7-11,14-15H2,1-4H3/p+1/b6-5+,13-12+. The molecule has 0 aromatic carbocycles. The number of carbonyl (C=O) groups excluding carboxylic acids is 1. The minimum atomic E-state index is -0.957. The number of hydrogen-bond donors (Lipinski definition) is 1. The lowest BCUT2D eigenvalue weighted by atomic mass is 10.1. The first kappa shape index (κ1) is 21.4. The first-order valence-electron chi connectivity index (χ1n) is 8.25. The van der Waals surface area contributed by atoms with Gasteiger partial charge in [0.15, 0.2) is 6.10 Å². The molecule has 132 valence electrons. The summed E-state index contributed by atoms with van der Waals surface area (Å²) in [4.78, 5) is 22.6. The van der Waals surface area contributed by atoms with Crippen LogP contribution in [0.2, 0.25) is 0 Å². The molecule has 0 aromatic heterocycles. The van der Waals surface area contributed by atoms with Gasteiger partial charge in [0.2, 0.25) is 0 Å². The van der Waals surface area contributed by atoms with E-state index in [4.69, 9.17) is 9.84 Å². The topological polar surface area (TPSA) is 63.6 Å². The van der Waals surface area contributed by atoms with Gasteiger partial charge in [-0.3, -0.25) is 4.79 Å². The molecule has 0 amide bonds. The van der Waals surface area contributed by atoms with Crippen LogP contribution in [0.4, 0.5) is 0 Å². The Hall–Kier alpha value is -1.62. The summed E-state index contributed by atoms with van der Waals surface area (Å²) in [6.07, 6.45) is 11.9. The maximum Gasteiger partial charge on any atom is 0.330 e. The van der Waals surface area contributed by atoms with Crippen LogP contribution in [-0.2, 0) is 14.3 Å². The summed E-state index contributed by atoms with van der Waals surface area (Å²) in [6.45, 7) is 2.49. The lowest BCUT2D eigenvalue weighted by Gasteiger charge is -2.28. The van der Waals surface area contributed by atoms with Gasteiger partial charge in [0.05, 0.1) is 27.6 Å². The number of nitrogens with zero attached hydrogens (tertiary/aromatic N) is 1. The zero-order valence-electron chi connectivity index (χ0n) is 15.0. The smallest absolute Gasteiger partial charge is 0.330 e. The number of likely N-dealkylation sites (N-methyl/N-ethyl adjacent to an activating group) is 1. The molecule has 1 N–H and O–H groups in total. The summed E-state index contributed by atoms with van der Waals surface area (Å²) in [7, 11) is 5.81. The highest BCUT2D eigenvalue weighted by Crippen LogP contribution is 2.07. The van der Waals surface area contributed by atoms with E-state index >= 15 is 0 Å². The van der Waals surface area contributed by atoms with Crippen LogP contribution in [-0.4, -0.2) is 55.3 Å². The number of ether oxygens (including phenoxy) is 1. The van der Waals surface area contributed by atoms with Crippen LogP contribution in [0.15, 0.2) is 24.3 Å². The summed E-state index contributed by atoms with van der Waals surface area (Å²) in [5.41, 5.74) is 0. The van der Waals surface area contributed by atoms with E-state index in [9.17, 15) is 9.59 Å². The summed E-state index contributed by atoms with van der Waals surface area (Å²) in [5, 5.41) is 8.91. The number of carbonyl (C=O) groups is 2. The van der Waals surface area contributed by atoms with Gasteiger partial charge in [0, 0.05) is 6.08 Å². The van der Waals surface area contributed by atoms with Crippen LogP contribution >= 0.6 is 0 Å². The molecule has 0 rings (SSSR count). The predicted molar refractivity (Wildman–Crippen MR) is 92.1 cm³/mol. The van der Waals surface area contributed by atoms with Gasteiger partial charge in [-0.2, -0.15) is 0 Å². The van der Waals surface area contributed by atoms with Gasteiger partial charge in [0.1, 0.15) is 6.54 Å². The number of rotatable bonds is 12. The molecule has 0 bridgehead atoms. The Morgan fingerprint density at radius 3 is 2.22 bits per heavy atom. The number of unbranched alkanes of at least 4 members (excludes halogenated alkanes) is 4. The van der Waals surface area contributed by atoms with Gasteiger partial charge < -0.3 is 14.3 Å². The molecule has 0 saturated heterocycles. The third kappa shape index (κ3) is 15.1. The van der Waals surface area contributed by atoms with Crippen LogP contribution in [0.3, 0.4) is 0 Å². The fourth-order valence-corrected chi connectivity index (χ4v) is 2.20. The molecule has 0 radical (unpaired) electrons. The molecule has 0 spiro atoms. The van der Waals surface area contributed by atoms with Crippen molar-refractivity contribution in [3.05, 3.63) is 24.3 Å². The SMILES string of the molecule is C/C=C/CCCCC/C=C/C(=O)OC(CC(=O)O)C[N+](C)(C)C. The minimum Gasteiger partial charge on any atom is -0.481 e.